The maximum atomic E-state index is 13.8. The Bertz CT molecular complexity index is 1690. The number of non-ortho nitro benzene ring substituents is 1. The summed E-state index contributed by atoms with van der Waals surface area (Å²) in [6.07, 6.45) is 0.949. The van der Waals surface area contributed by atoms with Crippen molar-refractivity contribution in [1.82, 2.24) is 4.57 Å². The van der Waals surface area contributed by atoms with Gasteiger partial charge in [-0.25, -0.2) is 9.79 Å². The van der Waals surface area contributed by atoms with Gasteiger partial charge in [-0.15, -0.1) is 0 Å². The van der Waals surface area contributed by atoms with E-state index >= 15 is 0 Å². The molecule has 4 rings (SSSR count). The van der Waals surface area contributed by atoms with Crippen LogP contribution in [0.2, 0.25) is 0 Å². The third-order valence-corrected chi connectivity index (χ3v) is 7.73. The van der Waals surface area contributed by atoms with Crippen molar-refractivity contribution in [1.29, 1.82) is 0 Å². The number of nitro benzene ring substituents is 1. The zero-order valence-corrected chi connectivity index (χ0v) is 24.5. The van der Waals surface area contributed by atoms with Gasteiger partial charge >= 0.3 is 5.97 Å². The number of phenolic OH excluding ortho intramolecular Hbond substituents is 1. The summed E-state index contributed by atoms with van der Waals surface area (Å²) in [4.78, 5) is 42.7. The summed E-state index contributed by atoms with van der Waals surface area (Å²) in [6, 6.07) is 6.66. The summed E-state index contributed by atoms with van der Waals surface area (Å²) in [5.74, 6) is -0.440. The van der Waals surface area contributed by atoms with Crippen molar-refractivity contribution in [2.75, 3.05) is 7.11 Å². The fourth-order valence-electron chi connectivity index (χ4n) is 4.04. The number of nitrogens with zero attached hydrogens (tertiary/aromatic N) is 3. The largest absolute Gasteiger partial charge is 0.506 e. The molecule has 0 amide bonds. The van der Waals surface area contributed by atoms with Crippen LogP contribution < -0.4 is 19.6 Å². The molecule has 1 aromatic heterocycles. The number of rotatable bonds is 6. The Morgan fingerprint density at radius 2 is 2.00 bits per heavy atom. The van der Waals surface area contributed by atoms with Gasteiger partial charge in [0, 0.05) is 27.7 Å². The molecule has 0 saturated carbocycles. The molecule has 13 heteroatoms. The molecule has 10 nitrogen and oxygen atoms in total. The maximum absolute atomic E-state index is 13.8. The van der Waals surface area contributed by atoms with Crippen LogP contribution in [-0.2, 0) is 9.53 Å². The first-order valence-corrected chi connectivity index (χ1v) is 13.6. The van der Waals surface area contributed by atoms with Gasteiger partial charge in [-0.2, -0.15) is 0 Å². The number of methoxy groups -OCH3 is 1. The monoisotopic (exact) mass is 665 g/mol. The molecule has 0 fully saturated rings. The second-order valence-corrected chi connectivity index (χ2v) is 11.3. The first-order chi connectivity index (χ1) is 17.9. The lowest BCUT2D eigenvalue weighted by Crippen LogP contribution is -2.40. The van der Waals surface area contributed by atoms with Crippen LogP contribution >= 0.6 is 43.2 Å². The predicted molar refractivity (Wildman–Crippen MR) is 148 cm³/mol. The number of thiazole rings is 1. The number of ether oxygens (including phenoxy) is 2. The highest BCUT2D eigenvalue weighted by molar-refractivity contribution is 9.10. The second kappa shape index (κ2) is 10.8. The highest BCUT2D eigenvalue weighted by Crippen LogP contribution is 2.38. The number of carbonyl (C=O) groups excluding carboxylic acids is 1. The normalized spacial score (nSPS) is 15.3. The number of halogens is 2. The van der Waals surface area contributed by atoms with Crippen molar-refractivity contribution in [3.8, 4) is 11.5 Å². The minimum absolute atomic E-state index is 0.0723. The van der Waals surface area contributed by atoms with Crippen molar-refractivity contribution in [2.45, 2.75) is 32.9 Å². The first kappa shape index (κ1) is 27.7. The van der Waals surface area contributed by atoms with Gasteiger partial charge in [0.25, 0.3) is 11.2 Å². The number of hydrogen-bond acceptors (Lipinski definition) is 9. The molecular formula is C25H21Br2N3O7S. The van der Waals surface area contributed by atoms with E-state index in [0.29, 0.717) is 26.3 Å². The molecule has 1 aliphatic rings. The van der Waals surface area contributed by atoms with Gasteiger partial charge in [-0.05, 0) is 61.0 Å². The Morgan fingerprint density at radius 3 is 2.63 bits per heavy atom. The number of fused-ring (bicyclic) bond motifs is 1. The summed E-state index contributed by atoms with van der Waals surface area (Å²) in [7, 11) is 1.49. The zero-order chi connectivity index (χ0) is 27.9. The van der Waals surface area contributed by atoms with E-state index in [0.717, 1.165) is 11.3 Å². The van der Waals surface area contributed by atoms with Crippen molar-refractivity contribution in [3.05, 3.63) is 91.5 Å². The molecule has 0 bridgehead atoms. The molecule has 38 heavy (non-hydrogen) atoms. The molecule has 1 N–H and O–H groups in total. The number of carbonyl (C=O) groups is 1. The van der Waals surface area contributed by atoms with Gasteiger partial charge in [-0.3, -0.25) is 19.5 Å². The summed E-state index contributed by atoms with van der Waals surface area (Å²) in [5.41, 5.74) is 0.375. The van der Waals surface area contributed by atoms with Gasteiger partial charge in [0.15, 0.2) is 4.80 Å². The third kappa shape index (κ3) is 5.18. The number of phenols is 1. The fraction of sp³-hybridized carbons (Fsp3) is 0.240. The number of hydrogen-bond donors (Lipinski definition) is 1. The van der Waals surface area contributed by atoms with Gasteiger partial charge in [-0.1, -0.05) is 27.3 Å². The highest BCUT2D eigenvalue weighted by atomic mass is 79.9. The van der Waals surface area contributed by atoms with Crippen molar-refractivity contribution < 1.29 is 24.3 Å². The average molecular weight is 667 g/mol. The Kier molecular flexibility index (Phi) is 7.90. The molecule has 3 aromatic rings. The molecular weight excluding hydrogens is 646 g/mol. The minimum atomic E-state index is -0.933. The molecule has 0 aliphatic carbocycles. The van der Waals surface area contributed by atoms with Crippen molar-refractivity contribution in [2.24, 2.45) is 4.99 Å². The molecule has 0 spiro atoms. The standard InChI is InChI=1S/C25H21Br2N3O7S/c1-11(2)37-24(33)20-12(3)28-25-29(21(20)16-9-14(26)5-6-18(16)36-4)23(32)19(38-25)8-13-7-15(30(34)35)10-17(27)22(13)31/h5-11,21,31H,1-4H3/b19-8-/t21-/m1/s1. The molecule has 0 radical (unpaired) electrons. The first-order valence-electron chi connectivity index (χ1n) is 11.2. The van der Waals surface area contributed by atoms with Crippen LogP contribution in [0.5, 0.6) is 11.5 Å². The molecule has 0 unspecified atom stereocenters. The summed E-state index contributed by atoms with van der Waals surface area (Å²) in [5, 5.41) is 21.9. The lowest BCUT2D eigenvalue weighted by Gasteiger charge is -2.26. The topological polar surface area (TPSA) is 133 Å². The van der Waals surface area contributed by atoms with E-state index in [2.05, 4.69) is 36.9 Å². The second-order valence-electron chi connectivity index (χ2n) is 8.54. The van der Waals surface area contributed by atoms with Crippen LogP contribution in [0.4, 0.5) is 5.69 Å². The molecule has 198 valence electrons. The zero-order valence-electron chi connectivity index (χ0n) is 20.5. The van der Waals surface area contributed by atoms with E-state index in [4.69, 9.17) is 9.47 Å². The van der Waals surface area contributed by atoms with Crippen LogP contribution in [0.25, 0.3) is 6.08 Å². The van der Waals surface area contributed by atoms with Crippen LogP contribution in [0.15, 0.2) is 60.3 Å². The van der Waals surface area contributed by atoms with Crippen LogP contribution in [0, 0.1) is 10.1 Å². The number of benzene rings is 2. The van der Waals surface area contributed by atoms with Gasteiger partial charge in [0.2, 0.25) is 0 Å². The quantitative estimate of drug-likeness (QED) is 0.235. The fourth-order valence-corrected chi connectivity index (χ4v) is 5.92. The van der Waals surface area contributed by atoms with E-state index in [1.165, 1.54) is 29.9 Å². The Morgan fingerprint density at radius 1 is 1.29 bits per heavy atom. The molecule has 1 aliphatic heterocycles. The van der Waals surface area contributed by atoms with Crippen molar-refractivity contribution in [3.63, 3.8) is 0 Å². The van der Waals surface area contributed by atoms with E-state index in [9.17, 15) is 24.8 Å². The molecule has 0 saturated heterocycles. The van der Waals surface area contributed by atoms with E-state index in [1.807, 2.05) is 0 Å². The van der Waals surface area contributed by atoms with Crippen LogP contribution in [0.3, 0.4) is 0 Å². The average Bonchev–Trinajstić information content (AvgIpc) is 3.14. The minimum Gasteiger partial charge on any atom is -0.506 e. The van der Waals surface area contributed by atoms with E-state index in [-0.39, 0.29) is 31.6 Å². The Labute approximate surface area is 237 Å². The predicted octanol–water partition coefficient (Wildman–Crippen LogP) is 4.33. The smallest absolute Gasteiger partial charge is 0.338 e. The Hall–Kier alpha value is -3.29. The summed E-state index contributed by atoms with van der Waals surface area (Å²) < 4.78 is 13.4. The van der Waals surface area contributed by atoms with Gasteiger partial charge in [0.05, 0.1) is 38.4 Å². The van der Waals surface area contributed by atoms with Crippen molar-refractivity contribution >= 4 is 60.9 Å². The number of aromatic hydroxyl groups is 1. The molecule has 2 aromatic carbocycles. The van der Waals surface area contributed by atoms with E-state index < -0.39 is 28.6 Å². The van der Waals surface area contributed by atoms with Crippen LogP contribution in [0.1, 0.15) is 37.9 Å². The Balaban J connectivity index is 2.03. The molecule has 1 atom stereocenters. The van der Waals surface area contributed by atoms with E-state index in [1.54, 1.807) is 39.0 Å². The van der Waals surface area contributed by atoms with Gasteiger partial charge < -0.3 is 14.6 Å². The summed E-state index contributed by atoms with van der Waals surface area (Å²) in [6.45, 7) is 5.11. The number of esters is 1. The lowest BCUT2D eigenvalue weighted by atomic mass is 9.95. The summed E-state index contributed by atoms with van der Waals surface area (Å²) >= 11 is 7.60. The SMILES string of the molecule is COc1ccc(Br)cc1[C@@H]1C(C(=O)OC(C)C)=C(C)N=c2s/c(=C\c3cc([N+](=O)[O-])cc(Br)c3O)c(=O)n21. The van der Waals surface area contributed by atoms with Gasteiger partial charge in [0.1, 0.15) is 17.5 Å². The number of aromatic nitrogens is 1. The molecule has 2 heterocycles. The highest BCUT2D eigenvalue weighted by Gasteiger charge is 2.35. The third-order valence-electron chi connectivity index (χ3n) is 5.65. The maximum Gasteiger partial charge on any atom is 0.338 e. The number of allylic oxidation sites excluding steroid dienone is 1. The lowest BCUT2D eigenvalue weighted by molar-refractivity contribution is -0.385. The number of nitro groups is 1. The van der Waals surface area contributed by atoms with Crippen LogP contribution in [-0.4, -0.2) is 33.8 Å².